The van der Waals surface area contributed by atoms with Gasteiger partial charge in [-0.2, -0.15) is 8.78 Å². The molecule has 6 heteroatoms. The molecule has 2 heterocycles. The molecule has 0 saturated heterocycles. The van der Waals surface area contributed by atoms with Crippen molar-refractivity contribution < 1.29 is 8.78 Å². The summed E-state index contributed by atoms with van der Waals surface area (Å²) in [6.07, 6.45) is 6.30. The number of benzene rings is 2. The fourth-order valence-electron chi connectivity index (χ4n) is 3.99. The number of nitrogens with two attached hydrogens (primary N) is 1. The van der Waals surface area contributed by atoms with E-state index in [0.717, 1.165) is 48.4 Å². The Bertz CT molecular complexity index is 1200. The molecule has 2 aromatic heterocycles. The van der Waals surface area contributed by atoms with Crippen LogP contribution in [0.15, 0.2) is 67.0 Å². The van der Waals surface area contributed by atoms with Crippen LogP contribution in [0.1, 0.15) is 37.4 Å². The Hall–Kier alpha value is -3.12. The van der Waals surface area contributed by atoms with E-state index in [2.05, 4.69) is 9.97 Å². The summed E-state index contributed by atoms with van der Waals surface area (Å²) >= 11 is 0. The van der Waals surface area contributed by atoms with E-state index in [0.29, 0.717) is 5.69 Å². The van der Waals surface area contributed by atoms with Crippen LogP contribution in [0.2, 0.25) is 0 Å². The van der Waals surface area contributed by atoms with Gasteiger partial charge in [-0.25, -0.2) is 9.97 Å². The van der Waals surface area contributed by atoms with Gasteiger partial charge in [0.2, 0.25) is 5.78 Å². The summed E-state index contributed by atoms with van der Waals surface area (Å²) in [5.74, 6) is -2.78. The standard InChI is InChI=1S/C24H22F2N4/c1-23(25,26)20-15-30-14-19(16-6-3-2-4-7-16)21(29-22(30)28-20)17-8-10-18(11-9-17)24(27)12-5-13-24/h2-4,6-11,14-15H,5,12-13,27H2,1H3. The van der Waals surface area contributed by atoms with Gasteiger partial charge in [0, 0.05) is 36.0 Å². The van der Waals surface area contributed by atoms with E-state index in [1.54, 1.807) is 4.40 Å². The number of nitrogens with zero attached hydrogens (tertiary/aromatic N) is 3. The zero-order chi connectivity index (χ0) is 20.9. The SMILES string of the molecule is CC(F)(F)c1cn2cc(-c3ccccc3)c(-c3ccc(C4(N)CCC4)cc3)nc2n1. The quantitative estimate of drug-likeness (QED) is 0.488. The van der Waals surface area contributed by atoms with Crippen molar-refractivity contribution in [3.63, 3.8) is 0 Å². The first kappa shape index (κ1) is 18.9. The summed E-state index contributed by atoms with van der Waals surface area (Å²) in [7, 11) is 0. The minimum absolute atomic E-state index is 0.233. The normalized spacial score (nSPS) is 15.9. The van der Waals surface area contributed by atoms with Gasteiger partial charge in [0.1, 0.15) is 5.69 Å². The Balaban J connectivity index is 1.67. The minimum Gasteiger partial charge on any atom is -0.321 e. The van der Waals surface area contributed by atoms with Gasteiger partial charge >= 0.3 is 0 Å². The molecule has 5 rings (SSSR count). The van der Waals surface area contributed by atoms with Gasteiger partial charge in [-0.1, -0.05) is 54.6 Å². The smallest absolute Gasteiger partial charge is 0.288 e. The highest BCUT2D eigenvalue weighted by atomic mass is 19.3. The maximum absolute atomic E-state index is 13.8. The summed E-state index contributed by atoms with van der Waals surface area (Å²) in [5.41, 5.74) is 10.5. The highest BCUT2D eigenvalue weighted by Crippen LogP contribution is 2.40. The van der Waals surface area contributed by atoms with E-state index >= 15 is 0 Å². The highest BCUT2D eigenvalue weighted by Gasteiger charge is 2.34. The maximum atomic E-state index is 13.8. The van der Waals surface area contributed by atoms with Crippen LogP contribution in [-0.4, -0.2) is 14.4 Å². The molecule has 1 aliphatic rings. The van der Waals surface area contributed by atoms with Gasteiger partial charge in [-0.15, -0.1) is 0 Å². The average Bonchev–Trinajstić information content (AvgIpc) is 3.16. The van der Waals surface area contributed by atoms with E-state index in [-0.39, 0.29) is 17.0 Å². The largest absolute Gasteiger partial charge is 0.321 e. The van der Waals surface area contributed by atoms with Gasteiger partial charge in [-0.3, -0.25) is 4.40 Å². The fraction of sp³-hybridized carbons (Fsp3) is 0.250. The lowest BCUT2D eigenvalue weighted by Crippen LogP contribution is -2.43. The summed E-state index contributed by atoms with van der Waals surface area (Å²) in [4.78, 5) is 8.74. The molecular weight excluding hydrogens is 382 g/mol. The summed E-state index contributed by atoms with van der Waals surface area (Å²) in [6, 6.07) is 17.9. The Morgan fingerprint density at radius 1 is 0.933 bits per heavy atom. The van der Waals surface area contributed by atoms with Crippen LogP contribution >= 0.6 is 0 Å². The first-order valence-electron chi connectivity index (χ1n) is 10.1. The second-order valence-electron chi connectivity index (χ2n) is 8.18. The summed E-state index contributed by atoms with van der Waals surface area (Å²) in [5, 5.41) is 0. The Labute approximate surface area is 173 Å². The van der Waals surface area contributed by atoms with E-state index < -0.39 is 5.92 Å². The van der Waals surface area contributed by atoms with E-state index in [1.807, 2.05) is 60.8 Å². The molecule has 0 aliphatic heterocycles. The van der Waals surface area contributed by atoms with Gasteiger partial charge in [0.25, 0.3) is 5.92 Å². The molecule has 30 heavy (non-hydrogen) atoms. The van der Waals surface area contributed by atoms with Crippen molar-refractivity contribution in [2.24, 2.45) is 5.73 Å². The number of fused-ring (bicyclic) bond motifs is 1. The van der Waals surface area contributed by atoms with Crippen LogP contribution in [0.3, 0.4) is 0 Å². The number of hydrogen-bond donors (Lipinski definition) is 1. The van der Waals surface area contributed by atoms with Crippen molar-refractivity contribution in [1.29, 1.82) is 0 Å². The topological polar surface area (TPSA) is 56.2 Å². The number of aromatic nitrogens is 3. The minimum atomic E-state index is -3.03. The lowest BCUT2D eigenvalue weighted by molar-refractivity contribution is 0.0133. The van der Waals surface area contributed by atoms with Crippen LogP contribution < -0.4 is 5.73 Å². The lowest BCUT2D eigenvalue weighted by Gasteiger charge is -2.38. The van der Waals surface area contributed by atoms with E-state index in [1.165, 1.54) is 6.20 Å². The third kappa shape index (κ3) is 3.17. The Kier molecular flexibility index (Phi) is 4.22. The molecule has 0 amide bonds. The second kappa shape index (κ2) is 6.71. The van der Waals surface area contributed by atoms with Crippen LogP contribution in [0.4, 0.5) is 8.78 Å². The van der Waals surface area contributed by atoms with Crippen LogP contribution in [0.5, 0.6) is 0 Å². The zero-order valence-corrected chi connectivity index (χ0v) is 16.6. The molecule has 0 spiro atoms. The van der Waals surface area contributed by atoms with Crippen molar-refractivity contribution in [1.82, 2.24) is 14.4 Å². The van der Waals surface area contributed by atoms with Crippen molar-refractivity contribution in [3.8, 4) is 22.4 Å². The van der Waals surface area contributed by atoms with E-state index in [4.69, 9.17) is 5.73 Å². The first-order valence-corrected chi connectivity index (χ1v) is 10.1. The van der Waals surface area contributed by atoms with Crippen LogP contribution in [-0.2, 0) is 11.5 Å². The first-order chi connectivity index (χ1) is 14.3. The molecule has 4 nitrogen and oxygen atoms in total. The Morgan fingerprint density at radius 3 is 2.23 bits per heavy atom. The molecule has 0 atom stereocenters. The molecule has 1 aliphatic carbocycles. The molecular formula is C24H22F2N4. The highest BCUT2D eigenvalue weighted by molar-refractivity contribution is 5.81. The summed E-state index contributed by atoms with van der Waals surface area (Å²) < 4.78 is 29.2. The van der Waals surface area contributed by atoms with Gasteiger partial charge in [0.15, 0.2) is 0 Å². The third-order valence-corrected chi connectivity index (χ3v) is 5.96. The number of alkyl halides is 2. The molecule has 2 aromatic carbocycles. The van der Waals surface area contributed by atoms with Crippen molar-refractivity contribution in [3.05, 3.63) is 78.2 Å². The lowest BCUT2D eigenvalue weighted by atomic mass is 9.72. The number of halogens is 2. The molecule has 1 fully saturated rings. The monoisotopic (exact) mass is 404 g/mol. The number of imidazole rings is 1. The predicted molar refractivity (Wildman–Crippen MR) is 113 cm³/mol. The maximum Gasteiger partial charge on any atom is 0.288 e. The summed E-state index contributed by atoms with van der Waals surface area (Å²) in [6.45, 7) is 0.843. The average molecular weight is 404 g/mol. The predicted octanol–water partition coefficient (Wildman–Crippen LogP) is 5.51. The second-order valence-corrected chi connectivity index (χ2v) is 8.18. The van der Waals surface area contributed by atoms with Gasteiger partial charge < -0.3 is 5.73 Å². The van der Waals surface area contributed by atoms with Crippen molar-refractivity contribution >= 4 is 5.78 Å². The van der Waals surface area contributed by atoms with Crippen LogP contribution in [0, 0.1) is 0 Å². The third-order valence-electron chi connectivity index (χ3n) is 5.96. The molecule has 1 saturated carbocycles. The van der Waals surface area contributed by atoms with Crippen LogP contribution in [0.25, 0.3) is 28.2 Å². The molecule has 4 aromatic rings. The van der Waals surface area contributed by atoms with Gasteiger partial charge in [-0.05, 0) is 30.4 Å². The van der Waals surface area contributed by atoms with Crippen molar-refractivity contribution in [2.75, 3.05) is 0 Å². The molecule has 0 bridgehead atoms. The molecule has 152 valence electrons. The number of hydrogen-bond acceptors (Lipinski definition) is 3. The molecule has 2 N–H and O–H groups in total. The molecule has 0 unspecified atom stereocenters. The zero-order valence-electron chi connectivity index (χ0n) is 16.6. The Morgan fingerprint density at radius 2 is 1.63 bits per heavy atom. The fourth-order valence-corrected chi connectivity index (χ4v) is 3.99. The van der Waals surface area contributed by atoms with E-state index in [9.17, 15) is 8.78 Å². The van der Waals surface area contributed by atoms with Crippen molar-refractivity contribution in [2.45, 2.75) is 37.6 Å². The van der Waals surface area contributed by atoms with Gasteiger partial charge in [0.05, 0.1) is 5.69 Å². The molecule has 0 radical (unpaired) electrons. The number of rotatable bonds is 4.